The number of carbonyl (C=O) groups is 1. The molecule has 4 nitrogen and oxygen atoms in total. The minimum absolute atomic E-state index is 0.100. The van der Waals surface area contributed by atoms with Crippen LogP contribution in [0.3, 0.4) is 0 Å². The zero-order valence-corrected chi connectivity index (χ0v) is 13.5. The van der Waals surface area contributed by atoms with E-state index in [0.29, 0.717) is 21.1 Å². The molecule has 0 saturated heterocycles. The number of anilines is 1. The van der Waals surface area contributed by atoms with Crippen LogP contribution >= 0.6 is 23.2 Å². The number of hydrogen-bond acceptors (Lipinski definition) is 3. The molecule has 1 N–H and O–H groups in total. The maximum Gasteiger partial charge on any atom is 0.349 e. The summed E-state index contributed by atoms with van der Waals surface area (Å²) in [5, 5.41) is 4.05. The second-order valence-corrected chi connectivity index (χ2v) is 5.84. The lowest BCUT2D eigenvalue weighted by molar-refractivity contribution is 0.102. The summed E-state index contributed by atoms with van der Waals surface area (Å²) in [5.41, 5.74) is 0.799. The summed E-state index contributed by atoms with van der Waals surface area (Å²) in [4.78, 5) is 24.3. The number of hydrogen-bond donors (Lipinski definition) is 1. The van der Waals surface area contributed by atoms with E-state index in [-0.39, 0.29) is 11.1 Å². The third-order valence-corrected chi connectivity index (χ3v) is 4.09. The summed E-state index contributed by atoms with van der Waals surface area (Å²) in [5.74, 6) is -0.569. The molecule has 23 heavy (non-hydrogen) atoms. The van der Waals surface area contributed by atoms with Crippen molar-refractivity contribution in [2.75, 3.05) is 5.32 Å². The van der Waals surface area contributed by atoms with E-state index >= 15 is 0 Å². The van der Waals surface area contributed by atoms with Gasteiger partial charge in [0.2, 0.25) is 0 Å². The lowest BCUT2D eigenvalue weighted by atomic mass is 10.1. The van der Waals surface area contributed by atoms with Crippen molar-refractivity contribution in [2.24, 2.45) is 0 Å². The first kappa shape index (κ1) is 15.6. The molecule has 3 aromatic rings. The number of carbonyl (C=O) groups excluding carboxylic acids is 1. The quantitative estimate of drug-likeness (QED) is 0.685. The smallest absolute Gasteiger partial charge is 0.349 e. The summed E-state index contributed by atoms with van der Waals surface area (Å²) < 4.78 is 5.15. The van der Waals surface area contributed by atoms with Gasteiger partial charge < -0.3 is 9.73 Å². The van der Waals surface area contributed by atoms with E-state index in [4.69, 9.17) is 27.6 Å². The monoisotopic (exact) mass is 347 g/mol. The van der Waals surface area contributed by atoms with Crippen LogP contribution in [0.5, 0.6) is 0 Å². The first-order chi connectivity index (χ1) is 11.0. The normalized spacial score (nSPS) is 10.7. The number of rotatable bonds is 2. The molecule has 0 aliphatic rings. The standard InChI is InChI=1S/C17H11Cl2NO3/c1-9-5-6-11(8-14(9)19)20-16(21)12-7-10-3-2-4-13(18)15(10)23-17(12)22/h2-8H,1H3,(H,20,21). The maximum absolute atomic E-state index is 12.3. The molecule has 0 aliphatic carbocycles. The first-order valence-corrected chi connectivity index (χ1v) is 7.51. The van der Waals surface area contributed by atoms with E-state index in [2.05, 4.69) is 5.32 Å². The van der Waals surface area contributed by atoms with E-state index < -0.39 is 11.5 Å². The molecular weight excluding hydrogens is 337 g/mol. The third kappa shape index (κ3) is 3.09. The molecule has 2 aromatic carbocycles. The second kappa shape index (κ2) is 6.07. The van der Waals surface area contributed by atoms with Crippen LogP contribution in [0.4, 0.5) is 5.69 Å². The molecule has 0 saturated carbocycles. The fraction of sp³-hybridized carbons (Fsp3) is 0.0588. The van der Waals surface area contributed by atoms with Gasteiger partial charge in [-0.2, -0.15) is 0 Å². The van der Waals surface area contributed by atoms with Crippen molar-refractivity contribution >= 4 is 45.8 Å². The van der Waals surface area contributed by atoms with Crippen LogP contribution in [0.15, 0.2) is 51.7 Å². The Bertz CT molecular complexity index is 979. The molecule has 116 valence electrons. The van der Waals surface area contributed by atoms with E-state index in [9.17, 15) is 9.59 Å². The Morgan fingerprint density at radius 3 is 2.61 bits per heavy atom. The zero-order chi connectivity index (χ0) is 16.6. The number of para-hydroxylation sites is 1. The summed E-state index contributed by atoms with van der Waals surface area (Å²) >= 11 is 12.0. The van der Waals surface area contributed by atoms with E-state index in [1.807, 2.05) is 6.92 Å². The minimum Gasteiger partial charge on any atom is -0.421 e. The number of fused-ring (bicyclic) bond motifs is 1. The molecule has 1 heterocycles. The third-order valence-electron chi connectivity index (χ3n) is 3.39. The molecule has 0 atom stereocenters. The van der Waals surface area contributed by atoms with Crippen molar-refractivity contribution in [1.29, 1.82) is 0 Å². The number of halogens is 2. The van der Waals surface area contributed by atoms with Crippen molar-refractivity contribution in [3.63, 3.8) is 0 Å². The highest BCUT2D eigenvalue weighted by atomic mass is 35.5. The Hall–Kier alpha value is -2.30. The molecule has 6 heteroatoms. The summed E-state index contributed by atoms with van der Waals surface area (Å²) in [6.07, 6.45) is 0. The van der Waals surface area contributed by atoms with Gasteiger partial charge in [-0.05, 0) is 36.8 Å². The van der Waals surface area contributed by atoms with Crippen molar-refractivity contribution in [3.8, 4) is 0 Å². The Morgan fingerprint density at radius 1 is 1.09 bits per heavy atom. The lowest BCUT2D eigenvalue weighted by Gasteiger charge is -2.07. The fourth-order valence-electron chi connectivity index (χ4n) is 2.14. The van der Waals surface area contributed by atoms with Gasteiger partial charge in [0, 0.05) is 16.1 Å². The lowest BCUT2D eigenvalue weighted by Crippen LogP contribution is -2.20. The average Bonchev–Trinajstić information content (AvgIpc) is 2.51. The van der Waals surface area contributed by atoms with Gasteiger partial charge in [-0.25, -0.2) is 4.79 Å². The average molecular weight is 348 g/mol. The predicted octanol–water partition coefficient (Wildman–Crippen LogP) is 4.66. The van der Waals surface area contributed by atoms with E-state index in [0.717, 1.165) is 5.56 Å². The molecule has 0 unspecified atom stereocenters. The molecule has 1 aromatic heterocycles. The van der Waals surface area contributed by atoms with E-state index in [1.165, 1.54) is 6.07 Å². The highest BCUT2D eigenvalue weighted by Crippen LogP contribution is 2.23. The largest absolute Gasteiger partial charge is 0.421 e. The van der Waals surface area contributed by atoms with Crippen LogP contribution < -0.4 is 10.9 Å². The van der Waals surface area contributed by atoms with Crippen LogP contribution in [0.25, 0.3) is 11.0 Å². The Kier molecular flexibility index (Phi) is 4.11. The van der Waals surface area contributed by atoms with Crippen LogP contribution in [-0.4, -0.2) is 5.91 Å². The molecular formula is C17H11Cl2NO3. The molecule has 1 amide bonds. The van der Waals surface area contributed by atoms with Crippen LogP contribution in [0, 0.1) is 6.92 Å². The van der Waals surface area contributed by atoms with Gasteiger partial charge in [0.1, 0.15) is 5.56 Å². The van der Waals surface area contributed by atoms with Gasteiger partial charge in [0.15, 0.2) is 5.58 Å². The zero-order valence-electron chi connectivity index (χ0n) is 12.0. The van der Waals surface area contributed by atoms with Crippen LogP contribution in [0.1, 0.15) is 15.9 Å². The van der Waals surface area contributed by atoms with Gasteiger partial charge in [0.05, 0.1) is 5.02 Å². The second-order valence-electron chi connectivity index (χ2n) is 5.02. The van der Waals surface area contributed by atoms with E-state index in [1.54, 1.807) is 36.4 Å². The summed E-state index contributed by atoms with van der Waals surface area (Å²) in [6.45, 7) is 1.86. The van der Waals surface area contributed by atoms with Gasteiger partial charge in [-0.15, -0.1) is 0 Å². The van der Waals surface area contributed by atoms with Gasteiger partial charge in [0.25, 0.3) is 5.91 Å². The Balaban J connectivity index is 1.99. The summed E-state index contributed by atoms with van der Waals surface area (Å²) in [6, 6.07) is 11.6. The number of amides is 1. The van der Waals surface area contributed by atoms with Crippen molar-refractivity contribution in [2.45, 2.75) is 6.92 Å². The Labute approximate surface area is 141 Å². The fourth-order valence-corrected chi connectivity index (χ4v) is 2.54. The summed E-state index contributed by atoms with van der Waals surface area (Å²) in [7, 11) is 0. The van der Waals surface area contributed by atoms with Crippen molar-refractivity contribution in [1.82, 2.24) is 0 Å². The van der Waals surface area contributed by atoms with Crippen LogP contribution in [-0.2, 0) is 0 Å². The molecule has 0 fully saturated rings. The highest BCUT2D eigenvalue weighted by Gasteiger charge is 2.15. The molecule has 0 aliphatic heterocycles. The van der Waals surface area contributed by atoms with Gasteiger partial charge in [-0.3, -0.25) is 4.79 Å². The maximum atomic E-state index is 12.3. The number of nitrogens with one attached hydrogen (secondary N) is 1. The number of benzene rings is 2. The minimum atomic E-state index is -0.749. The predicted molar refractivity (Wildman–Crippen MR) is 91.6 cm³/mol. The molecule has 0 radical (unpaired) electrons. The Morgan fingerprint density at radius 2 is 1.87 bits per heavy atom. The van der Waals surface area contributed by atoms with Crippen molar-refractivity contribution < 1.29 is 9.21 Å². The highest BCUT2D eigenvalue weighted by molar-refractivity contribution is 6.34. The molecule has 0 spiro atoms. The molecule has 0 bridgehead atoms. The van der Waals surface area contributed by atoms with Gasteiger partial charge in [-0.1, -0.05) is 41.4 Å². The van der Waals surface area contributed by atoms with Gasteiger partial charge >= 0.3 is 5.63 Å². The van der Waals surface area contributed by atoms with Crippen LogP contribution in [0.2, 0.25) is 10.0 Å². The first-order valence-electron chi connectivity index (χ1n) is 6.75. The molecule has 3 rings (SSSR count). The SMILES string of the molecule is Cc1ccc(NC(=O)c2cc3cccc(Cl)c3oc2=O)cc1Cl. The van der Waals surface area contributed by atoms with Crippen molar-refractivity contribution in [3.05, 3.63) is 74.1 Å². The topological polar surface area (TPSA) is 59.3 Å². The number of aryl methyl sites for hydroxylation is 1.